The number of aliphatic hydroxyl groups excluding tert-OH is 2. The highest BCUT2D eigenvalue weighted by molar-refractivity contribution is 7.85. The van der Waals surface area contributed by atoms with E-state index >= 15 is 0 Å². The molecule has 0 rings (SSSR count). The molecule has 0 radical (unpaired) electrons. The van der Waals surface area contributed by atoms with Crippen LogP contribution in [0.5, 0.6) is 0 Å². The van der Waals surface area contributed by atoms with E-state index in [0.29, 0.717) is 24.7 Å². The van der Waals surface area contributed by atoms with Gasteiger partial charge in [-0.1, -0.05) is 0 Å². The van der Waals surface area contributed by atoms with E-state index in [1.165, 1.54) is 0 Å². The molecule has 0 aliphatic rings. The maximum atomic E-state index is 11.0. The zero-order valence-corrected chi connectivity index (χ0v) is 10.2. The maximum absolute atomic E-state index is 11.0. The number of hydrogen-bond acceptors (Lipinski definition) is 5. The van der Waals surface area contributed by atoms with Crippen molar-refractivity contribution < 1.29 is 23.4 Å². The number of ether oxygens (including phenoxy) is 1. The quantitative estimate of drug-likeness (QED) is 0.465. The lowest BCUT2D eigenvalue weighted by Gasteiger charge is -2.03. The summed E-state index contributed by atoms with van der Waals surface area (Å²) in [6.07, 6.45) is 0. The smallest absolute Gasteiger partial charge is 0.0582 e. The van der Waals surface area contributed by atoms with Crippen molar-refractivity contribution in [1.82, 2.24) is 0 Å². The summed E-state index contributed by atoms with van der Waals surface area (Å²) in [6, 6.07) is 0. The Bertz CT molecular complexity index is 177. The summed E-state index contributed by atoms with van der Waals surface area (Å²) in [6.45, 7) is 0.548. The lowest BCUT2D eigenvalue weighted by atomic mass is 10.8. The fraction of sp³-hybridized carbons (Fsp3) is 1.00. The van der Waals surface area contributed by atoms with E-state index in [-0.39, 0.29) is 24.7 Å². The van der Waals surface area contributed by atoms with Gasteiger partial charge in [-0.15, -0.1) is 0 Å². The molecule has 0 amide bonds. The van der Waals surface area contributed by atoms with E-state index in [1.807, 2.05) is 0 Å². The second-order valence-electron chi connectivity index (χ2n) is 2.76. The SMILES string of the molecule is O=[S@](CCO)CCOCC[S@](=O)CCO. The van der Waals surface area contributed by atoms with Crippen LogP contribution in [-0.2, 0) is 26.3 Å². The van der Waals surface area contributed by atoms with Crippen molar-refractivity contribution in [3.63, 3.8) is 0 Å². The van der Waals surface area contributed by atoms with Crippen LogP contribution in [0, 0.1) is 0 Å². The molecule has 0 unspecified atom stereocenters. The molecule has 0 saturated heterocycles. The van der Waals surface area contributed by atoms with Gasteiger partial charge in [-0.25, -0.2) is 0 Å². The van der Waals surface area contributed by atoms with Gasteiger partial charge in [-0.05, 0) is 0 Å². The van der Waals surface area contributed by atoms with Crippen LogP contribution < -0.4 is 0 Å². The molecular weight excluding hydrogens is 240 g/mol. The fourth-order valence-electron chi connectivity index (χ4n) is 0.814. The number of aliphatic hydroxyl groups is 2. The molecule has 5 nitrogen and oxygen atoms in total. The molecule has 0 heterocycles. The van der Waals surface area contributed by atoms with Crippen LogP contribution in [0.2, 0.25) is 0 Å². The van der Waals surface area contributed by atoms with Crippen LogP contribution in [0.1, 0.15) is 0 Å². The van der Waals surface area contributed by atoms with Crippen LogP contribution in [-0.4, -0.2) is 68.1 Å². The molecule has 0 aromatic carbocycles. The topological polar surface area (TPSA) is 83.8 Å². The van der Waals surface area contributed by atoms with E-state index in [0.717, 1.165) is 0 Å². The molecule has 2 atom stereocenters. The molecule has 0 aliphatic heterocycles. The molecule has 92 valence electrons. The summed E-state index contributed by atoms with van der Waals surface area (Å²) in [5.41, 5.74) is 0. The third-order valence-electron chi connectivity index (χ3n) is 1.55. The van der Waals surface area contributed by atoms with Gasteiger partial charge in [0.1, 0.15) is 0 Å². The van der Waals surface area contributed by atoms with Crippen molar-refractivity contribution in [2.45, 2.75) is 0 Å². The predicted molar refractivity (Wildman–Crippen MR) is 60.7 cm³/mol. The second kappa shape index (κ2) is 10.7. The summed E-state index contributed by atoms with van der Waals surface area (Å²) in [5, 5.41) is 16.9. The van der Waals surface area contributed by atoms with Gasteiger partial charge in [0.15, 0.2) is 0 Å². The third kappa shape index (κ3) is 10.5. The zero-order valence-electron chi connectivity index (χ0n) is 8.59. The van der Waals surface area contributed by atoms with E-state index in [1.54, 1.807) is 0 Å². The standard InChI is InChI=1S/C8H18O5S2/c9-1-5-14(11)7-3-13-4-8-15(12)6-2-10/h9-10H,1-8H2/t14-,15-/m1/s1. The minimum Gasteiger partial charge on any atom is -0.395 e. The van der Waals surface area contributed by atoms with E-state index in [2.05, 4.69) is 0 Å². The highest BCUT2D eigenvalue weighted by Gasteiger charge is 2.00. The van der Waals surface area contributed by atoms with Crippen LogP contribution in [0.25, 0.3) is 0 Å². The molecule has 7 heteroatoms. The summed E-state index contributed by atoms with van der Waals surface area (Å²) in [7, 11) is -2.06. The van der Waals surface area contributed by atoms with Gasteiger partial charge in [0, 0.05) is 44.6 Å². The Morgan fingerprint density at radius 1 is 0.800 bits per heavy atom. The zero-order chi connectivity index (χ0) is 11.5. The van der Waals surface area contributed by atoms with Gasteiger partial charge in [0.05, 0.1) is 26.4 Å². The molecule has 0 spiro atoms. The summed E-state index contributed by atoms with van der Waals surface area (Å²) in [4.78, 5) is 0. The average molecular weight is 258 g/mol. The lowest BCUT2D eigenvalue weighted by molar-refractivity contribution is 0.166. The van der Waals surface area contributed by atoms with Gasteiger partial charge in [0.25, 0.3) is 0 Å². The Labute approximate surface area is 94.7 Å². The van der Waals surface area contributed by atoms with E-state index < -0.39 is 21.6 Å². The Kier molecular flexibility index (Phi) is 10.8. The van der Waals surface area contributed by atoms with Gasteiger partial charge in [0.2, 0.25) is 0 Å². The molecule has 0 aromatic heterocycles. The van der Waals surface area contributed by atoms with Crippen molar-refractivity contribution in [1.29, 1.82) is 0 Å². The molecular formula is C8H18O5S2. The van der Waals surface area contributed by atoms with Crippen LogP contribution >= 0.6 is 0 Å². The fourth-order valence-corrected chi connectivity index (χ4v) is 2.24. The summed E-state index contributed by atoms with van der Waals surface area (Å²) >= 11 is 0. The highest BCUT2D eigenvalue weighted by atomic mass is 32.2. The van der Waals surface area contributed by atoms with Crippen LogP contribution in [0.3, 0.4) is 0 Å². The number of rotatable bonds is 10. The van der Waals surface area contributed by atoms with Crippen LogP contribution in [0.4, 0.5) is 0 Å². The Morgan fingerprint density at radius 2 is 1.20 bits per heavy atom. The first kappa shape index (κ1) is 15.2. The average Bonchev–Trinajstić information content (AvgIpc) is 2.18. The Balaban J connectivity index is 3.24. The Morgan fingerprint density at radius 3 is 1.53 bits per heavy atom. The molecule has 0 aliphatic carbocycles. The van der Waals surface area contributed by atoms with Gasteiger partial charge >= 0.3 is 0 Å². The Hall–Kier alpha value is 0.180. The first-order valence-corrected chi connectivity index (χ1v) is 7.67. The van der Waals surface area contributed by atoms with Crippen molar-refractivity contribution in [3.8, 4) is 0 Å². The van der Waals surface area contributed by atoms with Crippen molar-refractivity contribution in [3.05, 3.63) is 0 Å². The molecule has 0 saturated carbocycles. The number of hydrogen-bond donors (Lipinski definition) is 2. The molecule has 2 N–H and O–H groups in total. The lowest BCUT2D eigenvalue weighted by Crippen LogP contribution is -2.15. The minimum absolute atomic E-state index is 0.0763. The largest absolute Gasteiger partial charge is 0.395 e. The second-order valence-corrected chi connectivity index (χ2v) is 6.15. The minimum atomic E-state index is -1.03. The third-order valence-corrected chi connectivity index (χ3v) is 4.07. The summed E-state index contributed by atoms with van der Waals surface area (Å²) < 4.78 is 27.2. The van der Waals surface area contributed by atoms with Crippen molar-refractivity contribution in [2.75, 3.05) is 49.4 Å². The molecule has 0 fully saturated rings. The normalized spacial score (nSPS) is 15.1. The monoisotopic (exact) mass is 258 g/mol. The highest BCUT2D eigenvalue weighted by Crippen LogP contribution is 1.86. The first-order valence-electron chi connectivity index (χ1n) is 4.70. The van der Waals surface area contributed by atoms with Crippen molar-refractivity contribution >= 4 is 21.6 Å². The first-order chi connectivity index (χ1) is 7.20. The van der Waals surface area contributed by atoms with E-state index in [4.69, 9.17) is 14.9 Å². The predicted octanol–water partition coefficient (Wildman–Crippen LogP) is -1.51. The molecule has 0 aromatic rings. The summed E-state index contributed by atoms with van der Waals surface area (Å²) in [5.74, 6) is 1.35. The van der Waals surface area contributed by atoms with Gasteiger partial charge in [-0.3, -0.25) is 8.42 Å². The van der Waals surface area contributed by atoms with Gasteiger partial charge in [-0.2, -0.15) is 0 Å². The molecule has 15 heavy (non-hydrogen) atoms. The van der Waals surface area contributed by atoms with E-state index in [9.17, 15) is 8.42 Å². The van der Waals surface area contributed by atoms with Crippen molar-refractivity contribution in [2.24, 2.45) is 0 Å². The van der Waals surface area contributed by atoms with Crippen LogP contribution in [0.15, 0.2) is 0 Å². The van der Waals surface area contributed by atoms with Gasteiger partial charge < -0.3 is 14.9 Å². The maximum Gasteiger partial charge on any atom is 0.0582 e. The molecule has 0 bridgehead atoms.